The Kier molecular flexibility index (Phi) is 1.90. The van der Waals surface area contributed by atoms with Gasteiger partial charge < -0.3 is 4.74 Å². The van der Waals surface area contributed by atoms with Crippen LogP contribution < -0.4 is 5.32 Å². The lowest BCUT2D eigenvalue weighted by Gasteiger charge is -2.10. The number of epoxide rings is 1. The van der Waals surface area contributed by atoms with E-state index in [9.17, 15) is 0 Å². The molecule has 1 aliphatic carbocycles. The van der Waals surface area contributed by atoms with E-state index in [1.165, 1.54) is 32.1 Å². The SMILES string of the molecule is CCNC12CCCCCC1O2. The predicted molar refractivity (Wildman–Crippen MR) is 44.4 cm³/mol. The molecule has 2 rings (SSSR count). The van der Waals surface area contributed by atoms with Gasteiger partial charge in [-0.05, 0) is 25.8 Å². The van der Waals surface area contributed by atoms with Crippen LogP contribution in [0.3, 0.4) is 0 Å². The average molecular weight is 155 g/mol. The molecule has 1 N–H and O–H groups in total. The first-order valence-corrected chi connectivity index (χ1v) is 4.80. The smallest absolute Gasteiger partial charge is 0.146 e. The second kappa shape index (κ2) is 2.76. The van der Waals surface area contributed by atoms with Crippen molar-refractivity contribution >= 4 is 0 Å². The highest BCUT2D eigenvalue weighted by atomic mass is 16.6. The van der Waals surface area contributed by atoms with E-state index < -0.39 is 0 Å². The summed E-state index contributed by atoms with van der Waals surface area (Å²) in [5.41, 5.74) is 0.130. The molecule has 0 radical (unpaired) electrons. The summed E-state index contributed by atoms with van der Waals surface area (Å²) in [6.07, 6.45) is 7.14. The van der Waals surface area contributed by atoms with Crippen molar-refractivity contribution < 1.29 is 4.74 Å². The number of rotatable bonds is 2. The molecule has 2 unspecified atom stereocenters. The molecule has 2 atom stereocenters. The van der Waals surface area contributed by atoms with Gasteiger partial charge in [-0.1, -0.05) is 19.8 Å². The number of hydrogen-bond donors (Lipinski definition) is 1. The van der Waals surface area contributed by atoms with Crippen molar-refractivity contribution in [3.05, 3.63) is 0 Å². The van der Waals surface area contributed by atoms with Gasteiger partial charge in [-0.25, -0.2) is 0 Å². The van der Waals surface area contributed by atoms with Gasteiger partial charge in [0.15, 0.2) is 0 Å². The quantitative estimate of drug-likeness (QED) is 0.613. The zero-order valence-corrected chi connectivity index (χ0v) is 7.23. The van der Waals surface area contributed by atoms with Gasteiger partial charge in [-0.3, -0.25) is 5.32 Å². The standard InChI is InChI=1S/C9H17NO/c1-2-10-9-7-5-3-4-6-8(9)11-9/h8,10H,2-7H2,1H3. The molecule has 0 spiro atoms. The largest absolute Gasteiger partial charge is 0.350 e. The van der Waals surface area contributed by atoms with Crippen LogP contribution in [0.25, 0.3) is 0 Å². The Balaban J connectivity index is 1.93. The fourth-order valence-corrected chi connectivity index (χ4v) is 2.17. The third-order valence-electron chi connectivity index (χ3n) is 2.81. The van der Waals surface area contributed by atoms with E-state index in [0.717, 1.165) is 6.54 Å². The van der Waals surface area contributed by atoms with Gasteiger partial charge in [-0.15, -0.1) is 0 Å². The molecule has 2 fully saturated rings. The van der Waals surface area contributed by atoms with E-state index >= 15 is 0 Å². The first-order valence-electron chi connectivity index (χ1n) is 4.80. The topological polar surface area (TPSA) is 24.6 Å². The molecule has 0 aromatic rings. The Hall–Kier alpha value is -0.0800. The van der Waals surface area contributed by atoms with Crippen LogP contribution in [0.15, 0.2) is 0 Å². The normalized spacial score (nSPS) is 42.8. The molecule has 0 bridgehead atoms. The van der Waals surface area contributed by atoms with Crippen LogP contribution in [0.1, 0.15) is 39.0 Å². The summed E-state index contributed by atoms with van der Waals surface area (Å²) in [5.74, 6) is 0. The highest BCUT2D eigenvalue weighted by Crippen LogP contribution is 2.43. The monoisotopic (exact) mass is 155 g/mol. The molecule has 2 heteroatoms. The molecule has 0 aromatic carbocycles. The lowest BCUT2D eigenvalue weighted by molar-refractivity contribution is 0.229. The van der Waals surface area contributed by atoms with Crippen molar-refractivity contribution in [2.45, 2.75) is 50.9 Å². The predicted octanol–water partition coefficient (Wildman–Crippen LogP) is 1.66. The summed E-state index contributed by atoms with van der Waals surface area (Å²) in [5, 5.41) is 3.45. The lowest BCUT2D eigenvalue weighted by Crippen LogP contribution is -2.34. The molecule has 1 aliphatic heterocycles. The van der Waals surface area contributed by atoms with Crippen LogP contribution in [-0.2, 0) is 4.74 Å². The highest BCUT2D eigenvalue weighted by Gasteiger charge is 2.55. The maximum absolute atomic E-state index is 5.67. The zero-order valence-electron chi connectivity index (χ0n) is 7.23. The van der Waals surface area contributed by atoms with Crippen molar-refractivity contribution in [1.82, 2.24) is 5.32 Å². The van der Waals surface area contributed by atoms with Gasteiger partial charge >= 0.3 is 0 Å². The maximum Gasteiger partial charge on any atom is 0.146 e. The fourth-order valence-electron chi connectivity index (χ4n) is 2.17. The number of hydrogen-bond acceptors (Lipinski definition) is 2. The lowest BCUT2D eigenvalue weighted by atomic mass is 10.1. The van der Waals surface area contributed by atoms with Crippen LogP contribution in [-0.4, -0.2) is 18.4 Å². The van der Waals surface area contributed by atoms with E-state index in [2.05, 4.69) is 12.2 Å². The Morgan fingerprint density at radius 2 is 2.36 bits per heavy atom. The van der Waals surface area contributed by atoms with Gasteiger partial charge in [0.1, 0.15) is 11.8 Å². The molecule has 2 aliphatic rings. The third-order valence-corrected chi connectivity index (χ3v) is 2.81. The third kappa shape index (κ3) is 1.30. The molecule has 64 valence electrons. The fraction of sp³-hybridized carbons (Fsp3) is 1.00. The second-order valence-electron chi connectivity index (χ2n) is 3.63. The van der Waals surface area contributed by atoms with Gasteiger partial charge in [0.2, 0.25) is 0 Å². The maximum atomic E-state index is 5.67. The molecule has 0 aromatic heterocycles. The summed E-state index contributed by atoms with van der Waals surface area (Å²) in [6.45, 7) is 3.19. The van der Waals surface area contributed by atoms with Gasteiger partial charge in [0.25, 0.3) is 0 Å². The summed E-state index contributed by atoms with van der Waals surface area (Å²) < 4.78 is 5.67. The summed E-state index contributed by atoms with van der Waals surface area (Å²) >= 11 is 0. The van der Waals surface area contributed by atoms with E-state index in [4.69, 9.17) is 4.74 Å². The van der Waals surface area contributed by atoms with Crippen LogP contribution in [0.4, 0.5) is 0 Å². The molecule has 0 amide bonds. The van der Waals surface area contributed by atoms with Crippen LogP contribution in [0.2, 0.25) is 0 Å². The van der Waals surface area contributed by atoms with Crippen LogP contribution >= 0.6 is 0 Å². The molecule has 1 heterocycles. The molecule has 1 saturated heterocycles. The number of fused-ring (bicyclic) bond motifs is 1. The van der Waals surface area contributed by atoms with Gasteiger partial charge in [0.05, 0.1) is 0 Å². The van der Waals surface area contributed by atoms with Crippen molar-refractivity contribution in [1.29, 1.82) is 0 Å². The highest BCUT2D eigenvalue weighted by molar-refractivity contribution is 5.01. The first kappa shape index (κ1) is 7.56. The van der Waals surface area contributed by atoms with Gasteiger partial charge in [0, 0.05) is 0 Å². The molecule has 2 nitrogen and oxygen atoms in total. The molecular formula is C9H17NO. The average Bonchev–Trinajstić information content (AvgIpc) is 2.62. The van der Waals surface area contributed by atoms with E-state index in [0.29, 0.717) is 6.10 Å². The minimum absolute atomic E-state index is 0.130. The Labute approximate surface area is 68.3 Å². The van der Waals surface area contributed by atoms with Crippen molar-refractivity contribution in [3.63, 3.8) is 0 Å². The molecule has 11 heavy (non-hydrogen) atoms. The first-order chi connectivity index (χ1) is 5.37. The van der Waals surface area contributed by atoms with E-state index in [1.807, 2.05) is 0 Å². The van der Waals surface area contributed by atoms with Crippen molar-refractivity contribution in [2.75, 3.05) is 6.54 Å². The van der Waals surface area contributed by atoms with Crippen molar-refractivity contribution in [2.24, 2.45) is 0 Å². The summed E-state index contributed by atoms with van der Waals surface area (Å²) in [7, 11) is 0. The minimum atomic E-state index is 0.130. The molecule has 1 saturated carbocycles. The van der Waals surface area contributed by atoms with E-state index in [-0.39, 0.29) is 5.72 Å². The number of likely N-dealkylation sites (N-methyl/N-ethyl adjacent to an activating group) is 1. The number of nitrogens with one attached hydrogen (secondary N) is 1. The molecular weight excluding hydrogens is 138 g/mol. The summed E-state index contributed by atoms with van der Waals surface area (Å²) in [4.78, 5) is 0. The van der Waals surface area contributed by atoms with Gasteiger partial charge in [-0.2, -0.15) is 0 Å². The Bertz CT molecular complexity index is 148. The van der Waals surface area contributed by atoms with Crippen LogP contribution in [0, 0.1) is 0 Å². The van der Waals surface area contributed by atoms with Crippen LogP contribution in [0.5, 0.6) is 0 Å². The van der Waals surface area contributed by atoms with Crippen molar-refractivity contribution in [3.8, 4) is 0 Å². The summed E-state index contributed by atoms with van der Waals surface area (Å²) in [6, 6.07) is 0. The Morgan fingerprint density at radius 3 is 3.18 bits per heavy atom. The van der Waals surface area contributed by atoms with E-state index in [1.54, 1.807) is 0 Å². The zero-order chi connectivity index (χ0) is 7.73. The Morgan fingerprint density at radius 1 is 1.45 bits per heavy atom. The number of ether oxygens (including phenoxy) is 1. The second-order valence-corrected chi connectivity index (χ2v) is 3.63. The minimum Gasteiger partial charge on any atom is -0.350 e.